The smallest absolute Gasteiger partial charge is 0.175 e. The maximum absolute atomic E-state index is 11.1. The molecule has 72 valence electrons. The van der Waals surface area contributed by atoms with E-state index in [0.717, 1.165) is 0 Å². The normalized spacial score (nSPS) is 11.2. The number of nitrogens with one attached hydrogen (secondary N) is 1. The van der Waals surface area contributed by atoms with Gasteiger partial charge in [0.15, 0.2) is 9.84 Å². The molecule has 0 atom stereocenters. The maximum atomic E-state index is 11.1. The standard InChI is InChI=1S/C8H11NO3S/c1-12-9-7-4-3-5-8(6-7)13(2,10)11/h3-6,9H,1-2H3. The van der Waals surface area contributed by atoms with Crippen molar-refractivity contribution in [2.45, 2.75) is 4.90 Å². The Kier molecular flexibility index (Phi) is 2.90. The lowest BCUT2D eigenvalue weighted by Crippen LogP contribution is -2.00. The van der Waals surface area contributed by atoms with Gasteiger partial charge >= 0.3 is 0 Å². The lowest BCUT2D eigenvalue weighted by Gasteiger charge is -2.04. The molecule has 5 heteroatoms. The van der Waals surface area contributed by atoms with E-state index >= 15 is 0 Å². The van der Waals surface area contributed by atoms with E-state index in [1.54, 1.807) is 12.1 Å². The fourth-order valence-corrected chi connectivity index (χ4v) is 1.57. The van der Waals surface area contributed by atoms with Crippen LogP contribution in [0.15, 0.2) is 29.2 Å². The molecule has 0 aliphatic carbocycles. The van der Waals surface area contributed by atoms with Crippen molar-refractivity contribution in [1.82, 2.24) is 0 Å². The summed E-state index contributed by atoms with van der Waals surface area (Å²) in [5, 5.41) is 0. The van der Waals surface area contributed by atoms with Crippen molar-refractivity contribution < 1.29 is 13.3 Å². The fraction of sp³-hybridized carbons (Fsp3) is 0.250. The van der Waals surface area contributed by atoms with E-state index in [1.165, 1.54) is 25.5 Å². The minimum absolute atomic E-state index is 0.273. The summed E-state index contributed by atoms with van der Waals surface area (Å²) in [4.78, 5) is 4.92. The lowest BCUT2D eigenvalue weighted by molar-refractivity contribution is 0.271. The largest absolute Gasteiger partial charge is 0.279 e. The first-order valence-corrected chi connectivity index (χ1v) is 5.52. The average molecular weight is 201 g/mol. The molecule has 0 spiro atoms. The molecule has 0 bridgehead atoms. The summed E-state index contributed by atoms with van der Waals surface area (Å²) in [7, 11) is -1.67. The molecule has 0 radical (unpaired) electrons. The second kappa shape index (κ2) is 3.76. The van der Waals surface area contributed by atoms with Crippen molar-refractivity contribution in [3.63, 3.8) is 0 Å². The van der Waals surface area contributed by atoms with Crippen molar-refractivity contribution >= 4 is 15.5 Å². The van der Waals surface area contributed by atoms with Gasteiger partial charge in [-0.1, -0.05) is 6.07 Å². The predicted octanol–water partition coefficient (Wildman–Crippen LogP) is 1.06. The van der Waals surface area contributed by atoms with Gasteiger partial charge in [0.1, 0.15) is 0 Å². The predicted molar refractivity (Wildman–Crippen MR) is 50.2 cm³/mol. The SMILES string of the molecule is CONc1cccc(S(C)(=O)=O)c1. The van der Waals surface area contributed by atoms with Crippen LogP contribution in [0.2, 0.25) is 0 Å². The first-order chi connectivity index (χ1) is 6.04. The van der Waals surface area contributed by atoms with Gasteiger partial charge in [-0.15, -0.1) is 0 Å². The summed E-state index contributed by atoms with van der Waals surface area (Å²) in [6.07, 6.45) is 1.17. The quantitative estimate of drug-likeness (QED) is 0.743. The third-order valence-corrected chi connectivity index (χ3v) is 2.59. The summed E-state index contributed by atoms with van der Waals surface area (Å²) in [5.74, 6) is 0. The monoisotopic (exact) mass is 201 g/mol. The van der Waals surface area contributed by atoms with E-state index in [0.29, 0.717) is 5.69 Å². The zero-order chi connectivity index (χ0) is 9.90. The highest BCUT2D eigenvalue weighted by molar-refractivity contribution is 7.90. The summed E-state index contributed by atoms with van der Waals surface area (Å²) < 4.78 is 22.2. The summed E-state index contributed by atoms with van der Waals surface area (Å²) >= 11 is 0. The van der Waals surface area contributed by atoms with E-state index < -0.39 is 9.84 Å². The van der Waals surface area contributed by atoms with Gasteiger partial charge in [0.05, 0.1) is 17.7 Å². The molecule has 1 aromatic rings. The zero-order valence-electron chi connectivity index (χ0n) is 7.44. The van der Waals surface area contributed by atoms with Gasteiger partial charge in [-0.25, -0.2) is 8.42 Å². The fourth-order valence-electron chi connectivity index (χ4n) is 0.908. The molecule has 1 N–H and O–H groups in total. The minimum atomic E-state index is -3.14. The molecule has 4 nitrogen and oxygen atoms in total. The highest BCUT2D eigenvalue weighted by Crippen LogP contribution is 2.14. The van der Waals surface area contributed by atoms with E-state index in [9.17, 15) is 8.42 Å². The number of anilines is 1. The van der Waals surface area contributed by atoms with Crippen LogP contribution >= 0.6 is 0 Å². The van der Waals surface area contributed by atoms with Crippen LogP contribution in [0.3, 0.4) is 0 Å². The highest BCUT2D eigenvalue weighted by Gasteiger charge is 2.06. The van der Waals surface area contributed by atoms with E-state index in [1.807, 2.05) is 0 Å². The number of rotatable bonds is 3. The Morgan fingerprint density at radius 1 is 1.38 bits per heavy atom. The Morgan fingerprint density at radius 3 is 2.62 bits per heavy atom. The molecular formula is C8H11NO3S. The molecule has 0 saturated carbocycles. The molecule has 0 fully saturated rings. The molecule has 0 aliphatic rings. The Balaban J connectivity index is 3.06. The van der Waals surface area contributed by atoms with Gasteiger partial charge in [-0.05, 0) is 18.2 Å². The van der Waals surface area contributed by atoms with Gasteiger partial charge in [-0.3, -0.25) is 10.3 Å². The van der Waals surface area contributed by atoms with Crippen LogP contribution < -0.4 is 5.48 Å². The Morgan fingerprint density at radius 2 is 2.08 bits per heavy atom. The molecular weight excluding hydrogens is 190 g/mol. The van der Waals surface area contributed by atoms with E-state index in [4.69, 9.17) is 0 Å². The van der Waals surface area contributed by atoms with Crippen molar-refractivity contribution in [3.8, 4) is 0 Å². The zero-order valence-corrected chi connectivity index (χ0v) is 8.26. The van der Waals surface area contributed by atoms with E-state index in [-0.39, 0.29) is 4.90 Å². The molecule has 0 saturated heterocycles. The second-order valence-electron chi connectivity index (χ2n) is 2.61. The molecule has 1 rings (SSSR count). The first kappa shape index (κ1) is 10.0. The molecule has 0 amide bonds. The van der Waals surface area contributed by atoms with Crippen molar-refractivity contribution in [1.29, 1.82) is 0 Å². The Hall–Kier alpha value is -1.07. The van der Waals surface area contributed by atoms with Crippen LogP contribution in [0.5, 0.6) is 0 Å². The molecule has 1 aromatic carbocycles. The summed E-state index contributed by atoms with van der Waals surface area (Å²) in [6, 6.07) is 6.42. The van der Waals surface area contributed by atoms with Gasteiger partial charge in [-0.2, -0.15) is 0 Å². The van der Waals surface area contributed by atoms with Gasteiger partial charge in [0.25, 0.3) is 0 Å². The number of hydrogen-bond donors (Lipinski definition) is 1. The maximum Gasteiger partial charge on any atom is 0.175 e. The molecule has 0 aliphatic heterocycles. The number of sulfone groups is 1. The van der Waals surface area contributed by atoms with Crippen molar-refractivity contribution in [3.05, 3.63) is 24.3 Å². The molecule has 0 unspecified atom stereocenters. The minimum Gasteiger partial charge on any atom is -0.279 e. The van der Waals surface area contributed by atoms with Crippen LogP contribution in [0.4, 0.5) is 5.69 Å². The molecule has 0 aromatic heterocycles. The lowest BCUT2D eigenvalue weighted by atomic mass is 10.3. The van der Waals surface area contributed by atoms with Gasteiger partial charge in [0, 0.05) is 6.26 Å². The first-order valence-electron chi connectivity index (χ1n) is 3.63. The molecule has 13 heavy (non-hydrogen) atoms. The topological polar surface area (TPSA) is 55.4 Å². The van der Waals surface area contributed by atoms with Crippen LogP contribution in [0.1, 0.15) is 0 Å². The van der Waals surface area contributed by atoms with Crippen molar-refractivity contribution in [2.75, 3.05) is 18.8 Å². The highest BCUT2D eigenvalue weighted by atomic mass is 32.2. The Labute approximate surface area is 77.4 Å². The Bertz CT molecular complexity index is 386. The summed E-state index contributed by atoms with van der Waals surface area (Å²) in [5.41, 5.74) is 3.17. The molecule has 0 heterocycles. The van der Waals surface area contributed by atoms with Crippen LogP contribution in [0.25, 0.3) is 0 Å². The van der Waals surface area contributed by atoms with Gasteiger partial charge < -0.3 is 0 Å². The summed E-state index contributed by atoms with van der Waals surface area (Å²) in [6.45, 7) is 0. The second-order valence-corrected chi connectivity index (χ2v) is 4.62. The van der Waals surface area contributed by atoms with Crippen LogP contribution in [-0.2, 0) is 14.7 Å². The number of hydrogen-bond acceptors (Lipinski definition) is 4. The third-order valence-electron chi connectivity index (χ3n) is 1.48. The number of benzene rings is 1. The van der Waals surface area contributed by atoms with E-state index in [2.05, 4.69) is 10.3 Å². The van der Waals surface area contributed by atoms with Crippen LogP contribution in [0, 0.1) is 0 Å². The average Bonchev–Trinajstić information content (AvgIpc) is 2.04. The third kappa shape index (κ3) is 2.71. The van der Waals surface area contributed by atoms with Gasteiger partial charge in [0.2, 0.25) is 0 Å². The van der Waals surface area contributed by atoms with Crippen LogP contribution in [-0.4, -0.2) is 21.8 Å². The van der Waals surface area contributed by atoms with Crippen molar-refractivity contribution in [2.24, 2.45) is 0 Å².